The Balaban J connectivity index is 2.92. The Morgan fingerprint density at radius 2 is 1.75 bits per heavy atom. The summed E-state index contributed by atoms with van der Waals surface area (Å²) in [7, 11) is 4.28. The number of para-hydroxylation sites is 1. The van der Waals surface area contributed by atoms with Crippen LogP contribution in [0.4, 0.5) is 10.5 Å². The Morgan fingerprint density at radius 3 is 2.38 bits per heavy atom. The first kappa shape index (κ1) is 19.4. The van der Waals surface area contributed by atoms with Crippen molar-refractivity contribution in [2.24, 2.45) is 10.3 Å². The fourth-order valence-corrected chi connectivity index (χ4v) is 1.82. The van der Waals surface area contributed by atoms with E-state index in [1.54, 1.807) is 19.9 Å². The molecule has 8 nitrogen and oxygen atoms in total. The highest BCUT2D eigenvalue weighted by atomic mass is 16.6. The number of methoxy groups -OCH3 is 2. The molecule has 8 heteroatoms. The summed E-state index contributed by atoms with van der Waals surface area (Å²) in [4.78, 5) is 23.3. The fraction of sp³-hybridized carbons (Fsp3) is 0.438. The second-order valence-electron chi connectivity index (χ2n) is 4.75. The summed E-state index contributed by atoms with van der Waals surface area (Å²) in [5.74, 6) is 0. The number of amides is 1. The highest BCUT2D eigenvalue weighted by molar-refractivity contribution is 6.40. The molecule has 0 fully saturated rings. The minimum atomic E-state index is -0.521. The number of hydrogen-bond donors (Lipinski definition) is 0. The van der Waals surface area contributed by atoms with E-state index in [2.05, 4.69) is 15.1 Å². The van der Waals surface area contributed by atoms with Gasteiger partial charge in [-0.05, 0) is 19.9 Å². The number of ether oxygens (including phenoxy) is 2. The Hall–Kier alpha value is -2.61. The van der Waals surface area contributed by atoms with Crippen LogP contribution >= 0.6 is 0 Å². The molecule has 1 aromatic carbocycles. The first-order valence-electron chi connectivity index (χ1n) is 7.22. The number of hydrogen-bond acceptors (Lipinski definition) is 7. The molecular weight excluding hydrogens is 314 g/mol. The molecule has 0 aliphatic heterocycles. The van der Waals surface area contributed by atoms with Crippen LogP contribution in [0.25, 0.3) is 0 Å². The van der Waals surface area contributed by atoms with Crippen molar-refractivity contribution in [2.45, 2.75) is 20.5 Å². The van der Waals surface area contributed by atoms with E-state index in [9.17, 15) is 4.79 Å². The lowest BCUT2D eigenvalue weighted by atomic mass is 10.2. The van der Waals surface area contributed by atoms with Gasteiger partial charge in [-0.3, -0.25) is 4.90 Å². The number of carbonyl (C=O) groups excluding carboxylic acids is 1. The lowest BCUT2D eigenvalue weighted by molar-refractivity contribution is 0.129. The van der Waals surface area contributed by atoms with Gasteiger partial charge in [0, 0.05) is 12.7 Å². The predicted octanol–water partition coefficient (Wildman–Crippen LogP) is 2.78. The largest absolute Gasteiger partial charge is 0.452 e. The zero-order valence-corrected chi connectivity index (χ0v) is 14.6. The molecule has 0 N–H and O–H groups in total. The summed E-state index contributed by atoms with van der Waals surface area (Å²) in [5, 5.41) is 7.76. The maximum Gasteiger partial charge on any atom is 0.415 e. The highest BCUT2D eigenvalue weighted by Crippen LogP contribution is 2.22. The topological polar surface area (TPSA) is 82.0 Å². The minimum Gasteiger partial charge on any atom is -0.452 e. The van der Waals surface area contributed by atoms with Gasteiger partial charge in [-0.2, -0.15) is 0 Å². The van der Waals surface area contributed by atoms with Crippen molar-refractivity contribution in [3.05, 3.63) is 29.8 Å². The molecule has 0 radical (unpaired) electrons. The standard InChI is InChI=1S/C16H23N3O5/c1-12(17-23-5)13(2)18-24-10-14-8-6-7-9-15(14)19(11-21-3)16(20)22-4/h6-9H,10-11H2,1-5H3/b17-12+,18-13?. The van der Waals surface area contributed by atoms with Gasteiger partial charge in [0.05, 0.1) is 12.8 Å². The minimum absolute atomic E-state index is 0.0611. The van der Waals surface area contributed by atoms with E-state index in [1.165, 1.54) is 26.2 Å². The smallest absolute Gasteiger partial charge is 0.415 e. The van der Waals surface area contributed by atoms with Crippen LogP contribution < -0.4 is 4.90 Å². The van der Waals surface area contributed by atoms with Gasteiger partial charge in [0.15, 0.2) is 0 Å². The third-order valence-electron chi connectivity index (χ3n) is 3.11. The molecule has 0 saturated carbocycles. The second kappa shape index (κ2) is 10.2. The highest BCUT2D eigenvalue weighted by Gasteiger charge is 2.19. The van der Waals surface area contributed by atoms with E-state index in [-0.39, 0.29) is 13.3 Å². The van der Waals surface area contributed by atoms with Gasteiger partial charge in [0.25, 0.3) is 0 Å². The molecule has 132 valence electrons. The summed E-state index contributed by atoms with van der Waals surface area (Å²) in [6.07, 6.45) is -0.521. The van der Waals surface area contributed by atoms with E-state index in [4.69, 9.17) is 14.3 Å². The second-order valence-corrected chi connectivity index (χ2v) is 4.75. The zero-order chi connectivity index (χ0) is 17.9. The Bertz CT molecular complexity index is 601. The molecule has 0 aliphatic carbocycles. The molecule has 0 spiro atoms. The van der Waals surface area contributed by atoms with Gasteiger partial charge < -0.3 is 19.1 Å². The number of rotatable bonds is 8. The lowest BCUT2D eigenvalue weighted by Gasteiger charge is -2.22. The summed E-state index contributed by atoms with van der Waals surface area (Å²) in [5.41, 5.74) is 2.59. The summed E-state index contributed by atoms with van der Waals surface area (Å²) in [6.45, 7) is 3.75. The quantitative estimate of drug-likeness (QED) is 0.414. The first-order valence-corrected chi connectivity index (χ1v) is 7.22. The number of benzene rings is 1. The molecule has 24 heavy (non-hydrogen) atoms. The van der Waals surface area contributed by atoms with Crippen LogP contribution in [0.5, 0.6) is 0 Å². The number of oxime groups is 2. The third-order valence-corrected chi connectivity index (χ3v) is 3.11. The van der Waals surface area contributed by atoms with Crippen LogP contribution in [0.1, 0.15) is 19.4 Å². The van der Waals surface area contributed by atoms with Crippen LogP contribution in [-0.2, 0) is 25.8 Å². The molecular formula is C16H23N3O5. The molecule has 0 heterocycles. The zero-order valence-electron chi connectivity index (χ0n) is 14.6. The predicted molar refractivity (Wildman–Crippen MR) is 91.2 cm³/mol. The van der Waals surface area contributed by atoms with E-state index in [1.807, 2.05) is 18.2 Å². The third kappa shape index (κ3) is 5.54. The van der Waals surface area contributed by atoms with Crippen molar-refractivity contribution in [3.8, 4) is 0 Å². The van der Waals surface area contributed by atoms with Crippen molar-refractivity contribution in [1.29, 1.82) is 0 Å². The number of anilines is 1. The Morgan fingerprint density at radius 1 is 1.08 bits per heavy atom. The first-order chi connectivity index (χ1) is 11.5. The molecule has 0 bridgehead atoms. The van der Waals surface area contributed by atoms with E-state index < -0.39 is 6.09 Å². The monoisotopic (exact) mass is 337 g/mol. The molecule has 0 saturated heterocycles. The van der Waals surface area contributed by atoms with Crippen molar-refractivity contribution in [1.82, 2.24) is 0 Å². The van der Waals surface area contributed by atoms with Crippen LogP contribution in [0.15, 0.2) is 34.6 Å². The van der Waals surface area contributed by atoms with Crippen LogP contribution in [0.3, 0.4) is 0 Å². The molecule has 0 atom stereocenters. The van der Waals surface area contributed by atoms with E-state index >= 15 is 0 Å². The van der Waals surface area contributed by atoms with Crippen molar-refractivity contribution < 1.29 is 23.9 Å². The molecule has 0 aromatic heterocycles. The lowest BCUT2D eigenvalue weighted by Crippen LogP contribution is -2.33. The van der Waals surface area contributed by atoms with Crippen molar-refractivity contribution in [3.63, 3.8) is 0 Å². The molecule has 0 aliphatic rings. The van der Waals surface area contributed by atoms with Gasteiger partial charge in [0.1, 0.15) is 31.9 Å². The van der Waals surface area contributed by atoms with E-state index in [0.717, 1.165) is 5.56 Å². The van der Waals surface area contributed by atoms with Crippen molar-refractivity contribution >= 4 is 23.2 Å². The van der Waals surface area contributed by atoms with Gasteiger partial charge >= 0.3 is 6.09 Å². The van der Waals surface area contributed by atoms with E-state index in [0.29, 0.717) is 17.1 Å². The average molecular weight is 337 g/mol. The molecule has 1 amide bonds. The van der Waals surface area contributed by atoms with Gasteiger partial charge in [-0.25, -0.2) is 4.79 Å². The summed E-state index contributed by atoms with van der Waals surface area (Å²) in [6, 6.07) is 7.28. The van der Waals surface area contributed by atoms with Gasteiger partial charge in [0.2, 0.25) is 0 Å². The van der Waals surface area contributed by atoms with Gasteiger partial charge in [-0.1, -0.05) is 28.5 Å². The Kier molecular flexibility index (Phi) is 8.28. The average Bonchev–Trinajstić information content (AvgIpc) is 2.59. The Labute approximate surface area is 141 Å². The SMILES string of the molecule is COCN(C(=O)OC)c1ccccc1CON=C(C)/C(C)=N/OC. The van der Waals surface area contributed by atoms with Crippen LogP contribution in [0.2, 0.25) is 0 Å². The number of nitrogens with zero attached hydrogens (tertiary/aromatic N) is 3. The number of carbonyl (C=O) groups is 1. The molecule has 1 aromatic rings. The maximum absolute atomic E-state index is 11.9. The van der Waals surface area contributed by atoms with Gasteiger partial charge in [-0.15, -0.1) is 0 Å². The summed E-state index contributed by atoms with van der Waals surface area (Å²) < 4.78 is 9.85. The molecule has 0 unspecified atom stereocenters. The summed E-state index contributed by atoms with van der Waals surface area (Å²) >= 11 is 0. The maximum atomic E-state index is 11.9. The van der Waals surface area contributed by atoms with Crippen LogP contribution in [-0.4, -0.2) is 45.6 Å². The van der Waals surface area contributed by atoms with Crippen molar-refractivity contribution in [2.75, 3.05) is 33.0 Å². The fourth-order valence-electron chi connectivity index (χ4n) is 1.82. The molecule has 1 rings (SSSR count). The van der Waals surface area contributed by atoms with Crippen LogP contribution in [0, 0.1) is 0 Å². The normalized spacial score (nSPS) is 11.9.